The summed E-state index contributed by atoms with van der Waals surface area (Å²) in [6.45, 7) is 8.03. The highest BCUT2D eigenvalue weighted by Crippen LogP contribution is 2.23. The third-order valence-corrected chi connectivity index (χ3v) is 5.50. The molecule has 3 rings (SSSR count). The van der Waals surface area contributed by atoms with Crippen molar-refractivity contribution in [1.82, 2.24) is 4.90 Å². The summed E-state index contributed by atoms with van der Waals surface area (Å²) >= 11 is 6.06. The summed E-state index contributed by atoms with van der Waals surface area (Å²) in [7, 11) is 2.15. The molecule has 0 saturated carbocycles. The average Bonchev–Trinajstić information content (AvgIpc) is 2.70. The number of nitrogens with zero attached hydrogens (tertiary/aromatic N) is 2. The summed E-state index contributed by atoms with van der Waals surface area (Å²) in [5.74, 6) is 0.497. The zero-order valence-corrected chi connectivity index (χ0v) is 17.5. The van der Waals surface area contributed by atoms with Crippen LogP contribution < -0.4 is 15.0 Å². The number of aryl methyl sites for hydroxylation is 1. The van der Waals surface area contributed by atoms with Gasteiger partial charge in [-0.15, -0.1) is 0 Å². The van der Waals surface area contributed by atoms with E-state index < -0.39 is 6.10 Å². The maximum atomic E-state index is 12.6. The molecule has 1 fully saturated rings. The van der Waals surface area contributed by atoms with Crippen molar-refractivity contribution in [3.05, 3.63) is 53.1 Å². The molecule has 28 heavy (non-hydrogen) atoms. The molecule has 1 amide bonds. The number of carbonyl (C=O) groups excluding carboxylic acids is 1. The molecule has 0 bridgehead atoms. The standard InChI is InChI=1S/C22H28ClN3O2/c1-4-21(28-19-9-10-20(23)16(2)15-19)22(27)24-17-5-7-18(8-6-17)26-13-11-25(3)12-14-26/h5-10,15,21H,4,11-14H2,1-3H3,(H,24,27)/t21-/m1/s1. The Morgan fingerprint density at radius 3 is 2.43 bits per heavy atom. The van der Waals surface area contributed by atoms with Crippen LogP contribution in [0, 0.1) is 6.92 Å². The van der Waals surface area contributed by atoms with Gasteiger partial charge < -0.3 is 19.9 Å². The van der Waals surface area contributed by atoms with Crippen molar-refractivity contribution in [2.45, 2.75) is 26.4 Å². The van der Waals surface area contributed by atoms with Crippen LogP contribution in [-0.4, -0.2) is 50.1 Å². The lowest BCUT2D eigenvalue weighted by atomic mass is 10.2. The van der Waals surface area contributed by atoms with Crippen LogP contribution in [0.15, 0.2) is 42.5 Å². The predicted octanol–water partition coefficient (Wildman–Crippen LogP) is 4.20. The number of carbonyl (C=O) groups is 1. The Morgan fingerprint density at radius 1 is 1.14 bits per heavy atom. The lowest BCUT2D eigenvalue weighted by Crippen LogP contribution is -2.44. The van der Waals surface area contributed by atoms with Gasteiger partial charge in [0.2, 0.25) is 0 Å². The molecular weight excluding hydrogens is 374 g/mol. The molecule has 1 aliphatic rings. The van der Waals surface area contributed by atoms with Gasteiger partial charge >= 0.3 is 0 Å². The number of ether oxygens (including phenoxy) is 1. The highest BCUT2D eigenvalue weighted by molar-refractivity contribution is 6.31. The second-order valence-electron chi connectivity index (χ2n) is 7.25. The van der Waals surface area contributed by atoms with Gasteiger partial charge in [0.05, 0.1) is 0 Å². The minimum Gasteiger partial charge on any atom is -0.481 e. The Kier molecular flexibility index (Phi) is 6.81. The molecule has 5 nitrogen and oxygen atoms in total. The number of amides is 1. The number of likely N-dealkylation sites (N-methyl/N-ethyl adjacent to an activating group) is 1. The molecule has 2 aromatic carbocycles. The van der Waals surface area contributed by atoms with Crippen LogP contribution in [0.4, 0.5) is 11.4 Å². The predicted molar refractivity (Wildman–Crippen MR) is 116 cm³/mol. The van der Waals surface area contributed by atoms with Gasteiger partial charge in [0.25, 0.3) is 5.91 Å². The largest absolute Gasteiger partial charge is 0.481 e. The summed E-state index contributed by atoms with van der Waals surface area (Å²) in [4.78, 5) is 17.3. The van der Waals surface area contributed by atoms with Gasteiger partial charge in [0.1, 0.15) is 5.75 Å². The summed E-state index contributed by atoms with van der Waals surface area (Å²) in [5.41, 5.74) is 2.89. The fraction of sp³-hybridized carbons (Fsp3) is 0.409. The van der Waals surface area contributed by atoms with Crippen molar-refractivity contribution in [2.24, 2.45) is 0 Å². The average molecular weight is 402 g/mol. The maximum absolute atomic E-state index is 12.6. The van der Waals surface area contributed by atoms with E-state index in [0.717, 1.165) is 37.4 Å². The fourth-order valence-electron chi connectivity index (χ4n) is 3.22. The van der Waals surface area contributed by atoms with Crippen molar-refractivity contribution >= 4 is 28.9 Å². The molecule has 2 aromatic rings. The minimum absolute atomic E-state index is 0.151. The number of benzene rings is 2. The number of hydrogen-bond donors (Lipinski definition) is 1. The van der Waals surface area contributed by atoms with Crippen molar-refractivity contribution in [3.63, 3.8) is 0 Å². The van der Waals surface area contributed by atoms with Crippen LogP contribution in [0.3, 0.4) is 0 Å². The van der Waals surface area contributed by atoms with E-state index in [9.17, 15) is 4.79 Å². The van der Waals surface area contributed by atoms with Gasteiger partial charge in [-0.25, -0.2) is 0 Å². The number of anilines is 2. The monoisotopic (exact) mass is 401 g/mol. The zero-order chi connectivity index (χ0) is 20.1. The molecule has 1 atom stereocenters. The molecular formula is C22H28ClN3O2. The van der Waals surface area contributed by atoms with E-state index in [2.05, 4.69) is 34.3 Å². The highest BCUT2D eigenvalue weighted by atomic mass is 35.5. The Morgan fingerprint density at radius 2 is 1.82 bits per heavy atom. The Bertz CT molecular complexity index is 802. The number of nitrogens with one attached hydrogen (secondary N) is 1. The molecule has 1 saturated heterocycles. The molecule has 6 heteroatoms. The first-order valence-corrected chi connectivity index (χ1v) is 10.1. The third kappa shape index (κ3) is 5.18. The maximum Gasteiger partial charge on any atom is 0.265 e. The summed E-state index contributed by atoms with van der Waals surface area (Å²) in [6, 6.07) is 13.4. The first kappa shape index (κ1) is 20.5. The van der Waals surface area contributed by atoms with E-state index in [1.807, 2.05) is 32.0 Å². The van der Waals surface area contributed by atoms with Crippen LogP contribution >= 0.6 is 11.6 Å². The molecule has 0 aliphatic carbocycles. The number of hydrogen-bond acceptors (Lipinski definition) is 4. The molecule has 1 aliphatic heterocycles. The van der Waals surface area contributed by atoms with Crippen LogP contribution in [0.5, 0.6) is 5.75 Å². The topological polar surface area (TPSA) is 44.8 Å². The fourth-order valence-corrected chi connectivity index (χ4v) is 3.34. The van der Waals surface area contributed by atoms with Gasteiger partial charge in [-0.05, 0) is 68.4 Å². The molecule has 1 heterocycles. The first-order chi connectivity index (χ1) is 13.5. The second-order valence-corrected chi connectivity index (χ2v) is 7.66. The number of halogens is 1. The highest BCUT2D eigenvalue weighted by Gasteiger charge is 2.19. The van der Waals surface area contributed by atoms with Crippen molar-refractivity contribution < 1.29 is 9.53 Å². The van der Waals surface area contributed by atoms with E-state index >= 15 is 0 Å². The van der Waals surface area contributed by atoms with Gasteiger partial charge in [-0.2, -0.15) is 0 Å². The van der Waals surface area contributed by atoms with Crippen LogP contribution in [0.1, 0.15) is 18.9 Å². The number of piperazine rings is 1. The minimum atomic E-state index is -0.558. The normalized spacial score (nSPS) is 15.9. The van der Waals surface area contributed by atoms with Gasteiger partial charge in [0, 0.05) is 42.6 Å². The number of rotatable bonds is 6. The Hall–Kier alpha value is -2.24. The van der Waals surface area contributed by atoms with Gasteiger partial charge in [0.15, 0.2) is 6.10 Å². The lowest BCUT2D eigenvalue weighted by Gasteiger charge is -2.34. The Labute approximate surface area is 172 Å². The molecule has 0 spiro atoms. The van der Waals surface area contributed by atoms with E-state index in [0.29, 0.717) is 17.2 Å². The van der Waals surface area contributed by atoms with E-state index in [1.165, 1.54) is 5.69 Å². The summed E-state index contributed by atoms with van der Waals surface area (Å²) in [5, 5.41) is 3.65. The van der Waals surface area contributed by atoms with E-state index in [1.54, 1.807) is 12.1 Å². The summed E-state index contributed by atoms with van der Waals surface area (Å²) in [6.07, 6.45) is 0.0188. The molecule has 0 aromatic heterocycles. The molecule has 1 N–H and O–H groups in total. The quantitative estimate of drug-likeness (QED) is 0.788. The van der Waals surface area contributed by atoms with E-state index in [4.69, 9.17) is 16.3 Å². The van der Waals surface area contributed by atoms with Crippen molar-refractivity contribution in [1.29, 1.82) is 0 Å². The molecule has 0 radical (unpaired) electrons. The second kappa shape index (κ2) is 9.30. The first-order valence-electron chi connectivity index (χ1n) is 9.73. The molecule has 0 unspecified atom stereocenters. The van der Waals surface area contributed by atoms with Gasteiger partial charge in [-0.3, -0.25) is 4.79 Å². The van der Waals surface area contributed by atoms with Crippen molar-refractivity contribution in [3.8, 4) is 5.75 Å². The van der Waals surface area contributed by atoms with Crippen molar-refractivity contribution in [2.75, 3.05) is 43.4 Å². The molecule has 150 valence electrons. The van der Waals surface area contributed by atoms with Crippen LogP contribution in [0.2, 0.25) is 5.02 Å². The lowest BCUT2D eigenvalue weighted by molar-refractivity contribution is -0.122. The SMILES string of the molecule is CC[C@@H](Oc1ccc(Cl)c(C)c1)C(=O)Nc1ccc(N2CCN(C)CC2)cc1. The Balaban J connectivity index is 1.59. The smallest absolute Gasteiger partial charge is 0.265 e. The van der Waals surface area contributed by atoms with Gasteiger partial charge in [-0.1, -0.05) is 18.5 Å². The summed E-state index contributed by atoms with van der Waals surface area (Å²) < 4.78 is 5.88. The zero-order valence-electron chi connectivity index (χ0n) is 16.7. The van der Waals surface area contributed by atoms with Crippen LogP contribution in [-0.2, 0) is 4.79 Å². The third-order valence-electron chi connectivity index (χ3n) is 5.07. The van der Waals surface area contributed by atoms with Crippen LogP contribution in [0.25, 0.3) is 0 Å². The van der Waals surface area contributed by atoms with E-state index in [-0.39, 0.29) is 5.91 Å².